The van der Waals surface area contributed by atoms with E-state index in [1.54, 1.807) is 31.4 Å². The minimum absolute atomic E-state index is 0.104. The van der Waals surface area contributed by atoms with E-state index >= 15 is 0 Å². The molecule has 1 amide bonds. The minimum atomic E-state index is -0.181. The smallest absolute Gasteiger partial charge is 0.251 e. The van der Waals surface area contributed by atoms with Gasteiger partial charge in [-0.25, -0.2) is 0 Å². The van der Waals surface area contributed by atoms with Gasteiger partial charge in [-0.2, -0.15) is 0 Å². The van der Waals surface area contributed by atoms with E-state index in [9.17, 15) is 4.79 Å². The molecule has 0 saturated carbocycles. The van der Waals surface area contributed by atoms with E-state index in [1.165, 1.54) is 6.42 Å². The van der Waals surface area contributed by atoms with Gasteiger partial charge in [0.1, 0.15) is 5.75 Å². The highest BCUT2D eigenvalue weighted by atomic mass is 35.5. The summed E-state index contributed by atoms with van der Waals surface area (Å²) in [5, 5.41) is 4.98. The molecule has 0 radical (unpaired) electrons. The van der Waals surface area contributed by atoms with E-state index in [-0.39, 0.29) is 18.0 Å². The Morgan fingerprint density at radius 3 is 2.79 bits per heavy atom. The Labute approximate surface area is 199 Å². The van der Waals surface area contributed by atoms with Crippen molar-refractivity contribution in [2.24, 2.45) is 11.8 Å². The van der Waals surface area contributed by atoms with Crippen LogP contribution in [0.15, 0.2) is 67.4 Å². The molecule has 0 spiro atoms. The lowest BCUT2D eigenvalue weighted by molar-refractivity contribution is 0.00170. The Morgan fingerprint density at radius 2 is 2.09 bits per heavy atom. The molecular formula is C27H28ClN3O2. The van der Waals surface area contributed by atoms with E-state index in [2.05, 4.69) is 27.9 Å². The van der Waals surface area contributed by atoms with Crippen LogP contribution in [0, 0.1) is 11.8 Å². The fourth-order valence-corrected chi connectivity index (χ4v) is 5.60. The molecule has 6 heteroatoms. The van der Waals surface area contributed by atoms with Gasteiger partial charge in [0.25, 0.3) is 5.91 Å². The van der Waals surface area contributed by atoms with Gasteiger partial charge in [-0.1, -0.05) is 17.7 Å². The van der Waals surface area contributed by atoms with Crippen LogP contribution in [0.5, 0.6) is 5.75 Å². The van der Waals surface area contributed by atoms with Crippen molar-refractivity contribution in [3.8, 4) is 5.75 Å². The zero-order valence-electron chi connectivity index (χ0n) is 18.7. The van der Waals surface area contributed by atoms with E-state index < -0.39 is 0 Å². The number of hydrogen-bond acceptors (Lipinski definition) is 4. The number of carbonyl (C=O) groups is 1. The van der Waals surface area contributed by atoms with Gasteiger partial charge in [0, 0.05) is 34.8 Å². The van der Waals surface area contributed by atoms with E-state index in [0.717, 1.165) is 41.7 Å². The number of pyridine rings is 1. The summed E-state index contributed by atoms with van der Waals surface area (Å²) >= 11 is 6.04. The number of aromatic nitrogens is 1. The van der Waals surface area contributed by atoms with E-state index in [0.29, 0.717) is 22.4 Å². The molecule has 3 aliphatic heterocycles. The molecule has 3 saturated heterocycles. The maximum absolute atomic E-state index is 13.3. The van der Waals surface area contributed by atoms with Crippen LogP contribution in [0.4, 0.5) is 0 Å². The number of nitrogens with zero attached hydrogens (tertiary/aromatic N) is 2. The molecular weight excluding hydrogens is 434 g/mol. The molecule has 5 atom stereocenters. The molecule has 3 aromatic rings. The number of amides is 1. The Bertz CT molecular complexity index is 1180. The SMILES string of the molecule is C=CC1CN2CCC1C[C@@H]2[C@H](NC(=O)c1ccc(Cl)cc1)c1ccnc2ccc(OC)cc12. The van der Waals surface area contributed by atoms with Gasteiger partial charge in [-0.05, 0) is 85.3 Å². The van der Waals surface area contributed by atoms with Crippen molar-refractivity contribution in [1.29, 1.82) is 0 Å². The predicted octanol–water partition coefficient (Wildman–Crippen LogP) is 5.26. The molecule has 3 fully saturated rings. The number of ether oxygens (including phenoxy) is 1. The van der Waals surface area contributed by atoms with Crippen LogP contribution in [0.1, 0.15) is 34.8 Å². The van der Waals surface area contributed by atoms with Crippen molar-refractivity contribution in [2.75, 3.05) is 20.2 Å². The first-order chi connectivity index (χ1) is 16.1. The maximum atomic E-state index is 13.3. The zero-order valence-corrected chi connectivity index (χ0v) is 19.5. The third-order valence-electron chi connectivity index (χ3n) is 7.25. The molecule has 1 N–H and O–H groups in total. The lowest BCUT2D eigenvalue weighted by Gasteiger charge is -2.51. The summed E-state index contributed by atoms with van der Waals surface area (Å²) in [6.45, 7) is 6.08. The second-order valence-electron chi connectivity index (χ2n) is 8.99. The number of halogens is 1. The number of nitrogens with one attached hydrogen (secondary N) is 1. The molecule has 33 heavy (non-hydrogen) atoms. The normalized spacial score (nSPS) is 24.9. The number of methoxy groups -OCH3 is 1. The first kappa shape index (κ1) is 21.9. The maximum Gasteiger partial charge on any atom is 0.251 e. The molecule has 5 nitrogen and oxygen atoms in total. The van der Waals surface area contributed by atoms with Crippen LogP contribution < -0.4 is 10.1 Å². The Hall–Kier alpha value is -2.89. The summed E-state index contributed by atoms with van der Waals surface area (Å²) < 4.78 is 5.49. The molecule has 2 bridgehead atoms. The van der Waals surface area contributed by atoms with Gasteiger partial charge >= 0.3 is 0 Å². The molecule has 3 aliphatic rings. The number of fused-ring (bicyclic) bond motifs is 4. The topological polar surface area (TPSA) is 54.5 Å². The summed E-state index contributed by atoms with van der Waals surface area (Å²) in [5.74, 6) is 1.77. The van der Waals surface area contributed by atoms with Crippen molar-refractivity contribution in [3.63, 3.8) is 0 Å². The highest BCUT2D eigenvalue weighted by Crippen LogP contribution is 2.42. The van der Waals surface area contributed by atoms with Crippen LogP contribution in [-0.2, 0) is 0 Å². The Kier molecular flexibility index (Phi) is 6.09. The summed E-state index contributed by atoms with van der Waals surface area (Å²) in [7, 11) is 1.66. The summed E-state index contributed by atoms with van der Waals surface area (Å²) in [5.41, 5.74) is 2.55. The van der Waals surface area contributed by atoms with Crippen molar-refractivity contribution in [2.45, 2.75) is 24.9 Å². The first-order valence-corrected chi connectivity index (χ1v) is 11.8. The Morgan fingerprint density at radius 1 is 1.27 bits per heavy atom. The van der Waals surface area contributed by atoms with Crippen LogP contribution >= 0.6 is 11.6 Å². The molecule has 0 aliphatic carbocycles. The third kappa shape index (κ3) is 4.23. The summed E-state index contributed by atoms with van der Waals surface area (Å²) in [6.07, 6.45) is 6.13. The van der Waals surface area contributed by atoms with Gasteiger partial charge in [0.05, 0.1) is 18.7 Å². The zero-order chi connectivity index (χ0) is 22.9. The fraction of sp³-hybridized carbons (Fsp3) is 0.333. The summed E-state index contributed by atoms with van der Waals surface area (Å²) in [4.78, 5) is 20.4. The van der Waals surface area contributed by atoms with Crippen LogP contribution in [0.3, 0.4) is 0 Å². The average molecular weight is 462 g/mol. The predicted molar refractivity (Wildman–Crippen MR) is 132 cm³/mol. The average Bonchev–Trinajstić information content (AvgIpc) is 2.87. The van der Waals surface area contributed by atoms with Gasteiger partial charge in [0.2, 0.25) is 0 Å². The number of rotatable bonds is 6. The van der Waals surface area contributed by atoms with Crippen LogP contribution in [0.2, 0.25) is 5.02 Å². The van der Waals surface area contributed by atoms with Gasteiger partial charge in [-0.3, -0.25) is 14.7 Å². The lowest BCUT2D eigenvalue weighted by atomic mass is 9.73. The fourth-order valence-electron chi connectivity index (χ4n) is 5.48. The third-order valence-corrected chi connectivity index (χ3v) is 7.50. The molecule has 170 valence electrons. The highest BCUT2D eigenvalue weighted by Gasteiger charge is 2.43. The number of hydrogen-bond donors (Lipinski definition) is 1. The molecule has 2 aromatic carbocycles. The standard InChI is InChI=1S/C27H28ClN3O2/c1-3-17-16-31-13-11-19(17)14-25(31)26(30-27(32)18-4-6-20(28)7-5-18)22-10-12-29-24-9-8-21(33-2)15-23(22)24/h3-10,12,15,17,19,25-26H,1,11,13-14,16H2,2H3,(H,30,32)/t17?,19?,25-,26-/m1/s1. The number of benzene rings is 2. The molecule has 3 unspecified atom stereocenters. The number of piperidine rings is 3. The molecule has 1 aromatic heterocycles. The van der Waals surface area contributed by atoms with Crippen molar-refractivity contribution in [1.82, 2.24) is 15.2 Å². The van der Waals surface area contributed by atoms with E-state index in [4.69, 9.17) is 16.3 Å². The van der Waals surface area contributed by atoms with Crippen molar-refractivity contribution < 1.29 is 9.53 Å². The first-order valence-electron chi connectivity index (χ1n) is 11.4. The summed E-state index contributed by atoms with van der Waals surface area (Å²) in [6, 6.07) is 15.0. The minimum Gasteiger partial charge on any atom is -0.497 e. The monoisotopic (exact) mass is 461 g/mol. The van der Waals surface area contributed by atoms with Crippen molar-refractivity contribution >= 4 is 28.4 Å². The van der Waals surface area contributed by atoms with Crippen LogP contribution in [-0.4, -0.2) is 42.0 Å². The number of carbonyl (C=O) groups excluding carboxylic acids is 1. The van der Waals surface area contributed by atoms with Crippen molar-refractivity contribution in [3.05, 3.63) is 83.5 Å². The second-order valence-corrected chi connectivity index (χ2v) is 9.42. The van der Waals surface area contributed by atoms with E-state index in [1.807, 2.05) is 30.5 Å². The van der Waals surface area contributed by atoms with Crippen LogP contribution in [0.25, 0.3) is 10.9 Å². The molecule has 6 rings (SSSR count). The van der Waals surface area contributed by atoms with Gasteiger partial charge < -0.3 is 10.1 Å². The lowest BCUT2D eigenvalue weighted by Crippen LogP contribution is -2.57. The van der Waals surface area contributed by atoms with Gasteiger partial charge in [-0.15, -0.1) is 6.58 Å². The second kappa shape index (κ2) is 9.16. The largest absolute Gasteiger partial charge is 0.497 e. The Balaban J connectivity index is 1.56. The quantitative estimate of drug-likeness (QED) is 0.508. The highest BCUT2D eigenvalue weighted by molar-refractivity contribution is 6.30. The molecule has 4 heterocycles. The van der Waals surface area contributed by atoms with Gasteiger partial charge in [0.15, 0.2) is 0 Å².